The summed E-state index contributed by atoms with van der Waals surface area (Å²) in [5.41, 5.74) is 2.52. The standard InChI is InChI=1S/C9H10NP/c1-10-8-5-3-2-4-7(8)6-9(10)11/h2-6H,11H2,1H3. The molecule has 1 atom stereocenters. The summed E-state index contributed by atoms with van der Waals surface area (Å²) < 4.78 is 2.17. The molecular formula is C9H10NP. The van der Waals surface area contributed by atoms with Gasteiger partial charge in [-0.1, -0.05) is 27.4 Å². The van der Waals surface area contributed by atoms with Crippen molar-refractivity contribution in [1.82, 2.24) is 4.57 Å². The molecule has 2 rings (SSSR count). The van der Waals surface area contributed by atoms with E-state index in [1.54, 1.807) is 0 Å². The van der Waals surface area contributed by atoms with Gasteiger partial charge in [0.1, 0.15) is 0 Å². The third kappa shape index (κ3) is 0.965. The lowest BCUT2D eigenvalue weighted by Crippen LogP contribution is -2.02. The lowest BCUT2D eigenvalue weighted by molar-refractivity contribution is 1.01. The van der Waals surface area contributed by atoms with Gasteiger partial charge < -0.3 is 4.57 Å². The first-order valence-electron chi connectivity index (χ1n) is 3.59. The van der Waals surface area contributed by atoms with E-state index in [9.17, 15) is 0 Å². The van der Waals surface area contributed by atoms with Gasteiger partial charge in [0.2, 0.25) is 0 Å². The second-order valence-corrected chi connectivity index (χ2v) is 3.28. The van der Waals surface area contributed by atoms with Crippen LogP contribution in [0, 0.1) is 0 Å². The number of fused-ring (bicyclic) bond motifs is 1. The van der Waals surface area contributed by atoms with E-state index in [0.717, 1.165) is 0 Å². The van der Waals surface area contributed by atoms with E-state index in [1.807, 2.05) is 0 Å². The summed E-state index contributed by atoms with van der Waals surface area (Å²) in [5.74, 6) is 0. The predicted octanol–water partition coefficient (Wildman–Crippen LogP) is 1.68. The van der Waals surface area contributed by atoms with Crippen molar-refractivity contribution in [3.8, 4) is 0 Å². The Morgan fingerprint density at radius 3 is 2.73 bits per heavy atom. The maximum absolute atomic E-state index is 2.72. The molecule has 0 radical (unpaired) electrons. The van der Waals surface area contributed by atoms with Crippen molar-refractivity contribution < 1.29 is 0 Å². The SMILES string of the molecule is Cn1c(P)cc2ccccc21. The van der Waals surface area contributed by atoms with Crippen molar-refractivity contribution in [1.29, 1.82) is 0 Å². The molecule has 0 saturated carbocycles. The number of benzene rings is 1. The zero-order chi connectivity index (χ0) is 7.84. The molecule has 2 heteroatoms. The quantitative estimate of drug-likeness (QED) is 0.521. The van der Waals surface area contributed by atoms with Gasteiger partial charge in [0.15, 0.2) is 0 Å². The minimum Gasteiger partial charge on any atom is -0.344 e. The van der Waals surface area contributed by atoms with Crippen LogP contribution in [0.2, 0.25) is 0 Å². The van der Waals surface area contributed by atoms with E-state index >= 15 is 0 Å². The fraction of sp³-hybridized carbons (Fsp3) is 0.111. The predicted molar refractivity (Wildman–Crippen MR) is 52.3 cm³/mol. The van der Waals surface area contributed by atoms with Crippen LogP contribution < -0.4 is 5.44 Å². The molecule has 11 heavy (non-hydrogen) atoms. The third-order valence-electron chi connectivity index (χ3n) is 1.99. The molecule has 0 saturated heterocycles. The van der Waals surface area contributed by atoms with E-state index in [-0.39, 0.29) is 0 Å². The monoisotopic (exact) mass is 163 g/mol. The van der Waals surface area contributed by atoms with Crippen molar-refractivity contribution in [3.05, 3.63) is 30.3 Å². The van der Waals surface area contributed by atoms with E-state index in [0.29, 0.717) is 0 Å². The topological polar surface area (TPSA) is 4.93 Å². The molecule has 2 aromatic rings. The molecule has 1 aromatic carbocycles. The maximum Gasteiger partial charge on any atom is 0.0482 e. The number of nitrogens with zero attached hydrogens (tertiary/aromatic N) is 1. The highest BCUT2D eigenvalue weighted by Crippen LogP contribution is 2.13. The first-order valence-corrected chi connectivity index (χ1v) is 4.17. The van der Waals surface area contributed by atoms with Gasteiger partial charge in [-0.15, -0.1) is 0 Å². The van der Waals surface area contributed by atoms with Crippen LogP contribution in [0.3, 0.4) is 0 Å². The smallest absolute Gasteiger partial charge is 0.0482 e. The molecule has 0 aliphatic carbocycles. The molecule has 1 aromatic heterocycles. The van der Waals surface area contributed by atoms with Gasteiger partial charge in [-0.25, -0.2) is 0 Å². The third-order valence-corrected chi connectivity index (χ3v) is 2.54. The highest BCUT2D eigenvalue weighted by molar-refractivity contribution is 7.27. The molecular weight excluding hydrogens is 153 g/mol. The van der Waals surface area contributed by atoms with E-state index < -0.39 is 0 Å². The van der Waals surface area contributed by atoms with Crippen LogP contribution >= 0.6 is 9.24 Å². The van der Waals surface area contributed by atoms with E-state index in [4.69, 9.17) is 0 Å². The summed E-state index contributed by atoms with van der Waals surface area (Å²) in [7, 11) is 4.80. The lowest BCUT2D eigenvalue weighted by Gasteiger charge is -1.96. The molecule has 0 fully saturated rings. The Bertz CT molecular complexity index is 389. The van der Waals surface area contributed by atoms with Gasteiger partial charge in [0.05, 0.1) is 0 Å². The molecule has 1 nitrogen and oxygen atoms in total. The van der Waals surface area contributed by atoms with Crippen LogP contribution in [-0.4, -0.2) is 4.57 Å². The molecule has 0 N–H and O–H groups in total. The summed E-state index contributed by atoms with van der Waals surface area (Å²) in [4.78, 5) is 0. The normalized spacial score (nSPS) is 10.7. The van der Waals surface area contributed by atoms with Crippen LogP contribution in [0.15, 0.2) is 30.3 Å². The molecule has 0 aliphatic heterocycles. The molecule has 56 valence electrons. The molecule has 0 amide bonds. The molecule has 0 bridgehead atoms. The summed E-state index contributed by atoms with van der Waals surface area (Å²) in [6.07, 6.45) is 0. The number of para-hydroxylation sites is 1. The van der Waals surface area contributed by atoms with Crippen molar-refractivity contribution in [2.24, 2.45) is 7.05 Å². The van der Waals surface area contributed by atoms with Gasteiger partial charge in [-0.3, -0.25) is 0 Å². The fourth-order valence-corrected chi connectivity index (χ4v) is 1.63. The van der Waals surface area contributed by atoms with E-state index in [2.05, 4.69) is 51.2 Å². The van der Waals surface area contributed by atoms with Gasteiger partial charge in [-0.05, 0) is 12.1 Å². The Kier molecular flexibility index (Phi) is 1.47. The zero-order valence-corrected chi connectivity index (χ0v) is 7.57. The highest BCUT2D eigenvalue weighted by Gasteiger charge is 1.98. The molecule has 1 unspecified atom stereocenters. The molecule has 1 heterocycles. The first kappa shape index (κ1) is 6.87. The van der Waals surface area contributed by atoms with Crippen molar-refractivity contribution >= 4 is 25.6 Å². The fourth-order valence-electron chi connectivity index (χ4n) is 1.31. The Morgan fingerprint density at radius 2 is 2.00 bits per heavy atom. The van der Waals surface area contributed by atoms with Crippen molar-refractivity contribution in [2.75, 3.05) is 0 Å². The Morgan fingerprint density at radius 1 is 1.27 bits per heavy atom. The maximum atomic E-state index is 2.72. The number of hydrogen-bond donors (Lipinski definition) is 0. The number of rotatable bonds is 0. The second-order valence-electron chi connectivity index (χ2n) is 2.69. The lowest BCUT2D eigenvalue weighted by atomic mass is 10.2. The Balaban J connectivity index is 2.92. The summed E-state index contributed by atoms with van der Waals surface area (Å²) in [5, 5.41) is 1.31. The minimum absolute atomic E-state index is 1.23. The molecule has 0 aliphatic rings. The van der Waals surface area contributed by atoms with E-state index in [1.165, 1.54) is 16.3 Å². The average Bonchev–Trinajstić information content (AvgIpc) is 2.30. The van der Waals surface area contributed by atoms with Crippen molar-refractivity contribution in [2.45, 2.75) is 0 Å². The average molecular weight is 163 g/mol. The Labute approximate surface area is 68.2 Å². The number of aryl methyl sites for hydroxylation is 1. The van der Waals surface area contributed by atoms with Crippen LogP contribution in [0.1, 0.15) is 0 Å². The number of hydrogen-bond acceptors (Lipinski definition) is 0. The summed E-state index contributed by atoms with van der Waals surface area (Å²) in [6.45, 7) is 0. The minimum atomic E-state index is 1.23. The largest absolute Gasteiger partial charge is 0.344 e. The number of aromatic nitrogens is 1. The van der Waals surface area contributed by atoms with Gasteiger partial charge >= 0.3 is 0 Å². The highest BCUT2D eigenvalue weighted by atomic mass is 31.0. The second kappa shape index (κ2) is 2.35. The van der Waals surface area contributed by atoms with Crippen LogP contribution in [0.5, 0.6) is 0 Å². The van der Waals surface area contributed by atoms with Gasteiger partial charge in [-0.2, -0.15) is 0 Å². The summed E-state index contributed by atoms with van der Waals surface area (Å²) in [6, 6.07) is 10.5. The van der Waals surface area contributed by atoms with Gasteiger partial charge in [0, 0.05) is 23.4 Å². The van der Waals surface area contributed by atoms with Crippen LogP contribution in [0.4, 0.5) is 0 Å². The molecule has 0 spiro atoms. The van der Waals surface area contributed by atoms with Crippen LogP contribution in [0.25, 0.3) is 10.9 Å². The van der Waals surface area contributed by atoms with Crippen LogP contribution in [-0.2, 0) is 7.05 Å². The first-order chi connectivity index (χ1) is 5.29. The van der Waals surface area contributed by atoms with Gasteiger partial charge in [0.25, 0.3) is 0 Å². The van der Waals surface area contributed by atoms with Crippen molar-refractivity contribution in [3.63, 3.8) is 0 Å². The zero-order valence-electron chi connectivity index (χ0n) is 6.41. The Hall–Kier alpha value is -0.810. The summed E-state index contributed by atoms with van der Waals surface area (Å²) >= 11 is 0.